The van der Waals surface area contributed by atoms with Crippen LogP contribution in [0.4, 0.5) is 0 Å². The van der Waals surface area contributed by atoms with E-state index >= 15 is 0 Å². The van der Waals surface area contributed by atoms with E-state index in [1.807, 2.05) is 11.8 Å². The van der Waals surface area contributed by atoms with Crippen LogP contribution in [0.5, 0.6) is 0 Å². The molecule has 0 aromatic heterocycles. The van der Waals surface area contributed by atoms with Gasteiger partial charge in [0.1, 0.15) is 0 Å². The maximum Gasteiger partial charge on any atom is 0.216 e. The lowest BCUT2D eigenvalue weighted by Gasteiger charge is -2.24. The summed E-state index contributed by atoms with van der Waals surface area (Å²) in [5.41, 5.74) is 0. The van der Waals surface area contributed by atoms with E-state index in [1.165, 1.54) is 12.2 Å². The molecule has 9 heavy (non-hydrogen) atoms. The smallest absolute Gasteiger partial charge is 0.216 e. The van der Waals surface area contributed by atoms with E-state index in [0.717, 1.165) is 6.54 Å². The van der Waals surface area contributed by atoms with Crippen LogP contribution in [0, 0.1) is 0 Å². The van der Waals surface area contributed by atoms with Crippen LogP contribution in [-0.2, 0) is 4.79 Å². The summed E-state index contributed by atoms with van der Waals surface area (Å²) < 4.78 is 0. The van der Waals surface area contributed by atoms with Gasteiger partial charge in [0.2, 0.25) is 5.91 Å². The molecule has 0 aromatic carbocycles. The highest BCUT2D eigenvalue weighted by Gasteiger charge is 2.17. The number of hydrogen-bond acceptors (Lipinski definition) is 2. The highest BCUT2D eigenvalue weighted by Crippen LogP contribution is 2.26. The maximum absolute atomic E-state index is 10.4. The fraction of sp³-hybridized carbons (Fsp3) is 0.833. The Kier molecular flexibility index (Phi) is 2.39. The zero-order chi connectivity index (χ0) is 6.69. The molecular weight excluding hydrogens is 134 g/mol. The van der Waals surface area contributed by atoms with Gasteiger partial charge in [-0.1, -0.05) is 0 Å². The molecule has 0 bridgehead atoms. The van der Waals surface area contributed by atoms with Gasteiger partial charge >= 0.3 is 0 Å². The van der Waals surface area contributed by atoms with Gasteiger partial charge in [0, 0.05) is 18.7 Å². The Morgan fingerprint density at radius 2 is 2.56 bits per heavy atom. The summed E-state index contributed by atoms with van der Waals surface area (Å²) in [6.07, 6.45) is 1.27. The molecule has 1 atom stereocenters. The van der Waals surface area contributed by atoms with Gasteiger partial charge in [-0.2, -0.15) is 11.8 Å². The van der Waals surface area contributed by atoms with Crippen molar-refractivity contribution in [3.63, 3.8) is 0 Å². The van der Waals surface area contributed by atoms with Crippen LogP contribution >= 0.6 is 11.8 Å². The van der Waals surface area contributed by atoms with E-state index in [0.29, 0.717) is 5.25 Å². The number of carbonyl (C=O) groups excluding carboxylic acids is 1. The molecule has 1 fully saturated rings. The molecule has 1 amide bonds. The minimum Gasteiger partial charge on any atom is -0.355 e. The number of carbonyl (C=O) groups is 1. The van der Waals surface area contributed by atoms with Gasteiger partial charge in [0.05, 0.1) is 0 Å². The van der Waals surface area contributed by atoms with Crippen LogP contribution < -0.4 is 5.32 Å². The van der Waals surface area contributed by atoms with Gasteiger partial charge < -0.3 is 5.32 Å². The molecule has 1 unspecified atom stereocenters. The van der Waals surface area contributed by atoms with Gasteiger partial charge in [-0.15, -0.1) is 0 Å². The molecule has 0 radical (unpaired) electrons. The summed E-state index contributed by atoms with van der Waals surface area (Å²) in [5, 5.41) is 3.49. The first kappa shape index (κ1) is 6.93. The molecule has 0 aliphatic carbocycles. The standard InChI is InChI=1S/C6H11NOS/c1-5(8)7-4-6-2-3-9-6/h6H,2-4H2,1H3,(H,7,8). The van der Waals surface area contributed by atoms with E-state index in [4.69, 9.17) is 0 Å². The van der Waals surface area contributed by atoms with E-state index in [9.17, 15) is 4.79 Å². The number of thioether (sulfide) groups is 1. The second-order valence-corrected chi connectivity index (χ2v) is 3.63. The van der Waals surface area contributed by atoms with Crippen LogP contribution in [-0.4, -0.2) is 23.5 Å². The predicted octanol–water partition coefficient (Wildman–Crippen LogP) is 0.628. The molecule has 0 aromatic rings. The lowest BCUT2D eigenvalue weighted by Crippen LogP contribution is -2.32. The van der Waals surface area contributed by atoms with Crippen molar-refractivity contribution in [1.29, 1.82) is 0 Å². The summed E-state index contributed by atoms with van der Waals surface area (Å²) in [7, 11) is 0. The van der Waals surface area contributed by atoms with E-state index < -0.39 is 0 Å². The van der Waals surface area contributed by atoms with Gasteiger partial charge in [0.25, 0.3) is 0 Å². The van der Waals surface area contributed by atoms with Crippen LogP contribution in [0.1, 0.15) is 13.3 Å². The fourth-order valence-electron chi connectivity index (χ4n) is 0.703. The third-order valence-electron chi connectivity index (χ3n) is 1.37. The Balaban J connectivity index is 1.97. The SMILES string of the molecule is CC(=O)NCC1CCS1. The Hall–Kier alpha value is -0.180. The number of hydrogen-bond donors (Lipinski definition) is 1. The zero-order valence-corrected chi connectivity index (χ0v) is 6.33. The number of amides is 1. The molecule has 3 heteroatoms. The minimum absolute atomic E-state index is 0.0856. The van der Waals surface area contributed by atoms with Crippen LogP contribution in [0.3, 0.4) is 0 Å². The van der Waals surface area contributed by atoms with Crippen molar-refractivity contribution in [3.05, 3.63) is 0 Å². The Bertz CT molecular complexity index is 112. The van der Waals surface area contributed by atoms with E-state index in [2.05, 4.69) is 5.32 Å². The molecule has 1 rings (SSSR count). The lowest BCUT2D eigenvalue weighted by molar-refractivity contribution is -0.118. The Morgan fingerprint density at radius 3 is 2.89 bits per heavy atom. The Labute approximate surface area is 59.4 Å². The molecular formula is C6H11NOS. The summed E-state index contributed by atoms with van der Waals surface area (Å²) in [5.74, 6) is 1.35. The highest BCUT2D eigenvalue weighted by atomic mass is 32.2. The largest absolute Gasteiger partial charge is 0.355 e. The average Bonchev–Trinajstić information content (AvgIpc) is 1.60. The maximum atomic E-state index is 10.4. The first-order valence-corrected chi connectivity index (χ1v) is 4.20. The van der Waals surface area contributed by atoms with Gasteiger partial charge in [-0.05, 0) is 12.2 Å². The van der Waals surface area contributed by atoms with Crippen molar-refractivity contribution in [3.8, 4) is 0 Å². The van der Waals surface area contributed by atoms with Crippen molar-refractivity contribution in [2.75, 3.05) is 12.3 Å². The second kappa shape index (κ2) is 3.11. The van der Waals surface area contributed by atoms with Crippen molar-refractivity contribution in [2.45, 2.75) is 18.6 Å². The van der Waals surface area contributed by atoms with E-state index in [-0.39, 0.29) is 5.91 Å². The number of nitrogens with one attached hydrogen (secondary N) is 1. The first-order chi connectivity index (χ1) is 4.29. The summed E-state index contributed by atoms with van der Waals surface area (Å²) in [4.78, 5) is 10.4. The third-order valence-corrected chi connectivity index (χ3v) is 2.72. The third kappa shape index (κ3) is 2.26. The molecule has 2 nitrogen and oxygen atoms in total. The highest BCUT2D eigenvalue weighted by molar-refractivity contribution is 8.01. The number of rotatable bonds is 2. The van der Waals surface area contributed by atoms with Crippen molar-refractivity contribution < 1.29 is 4.79 Å². The quantitative estimate of drug-likeness (QED) is 0.617. The molecule has 1 N–H and O–H groups in total. The van der Waals surface area contributed by atoms with E-state index in [1.54, 1.807) is 6.92 Å². The monoisotopic (exact) mass is 145 g/mol. The first-order valence-electron chi connectivity index (χ1n) is 3.15. The minimum atomic E-state index is 0.0856. The average molecular weight is 145 g/mol. The normalized spacial score (nSPS) is 24.8. The van der Waals surface area contributed by atoms with Crippen LogP contribution in [0.2, 0.25) is 0 Å². The zero-order valence-electron chi connectivity index (χ0n) is 5.52. The molecule has 1 aliphatic heterocycles. The lowest BCUT2D eigenvalue weighted by atomic mass is 10.3. The van der Waals surface area contributed by atoms with Gasteiger partial charge in [-0.25, -0.2) is 0 Å². The van der Waals surface area contributed by atoms with Crippen LogP contribution in [0.15, 0.2) is 0 Å². The van der Waals surface area contributed by atoms with Crippen molar-refractivity contribution >= 4 is 17.7 Å². The van der Waals surface area contributed by atoms with Gasteiger partial charge in [0.15, 0.2) is 0 Å². The van der Waals surface area contributed by atoms with Crippen LogP contribution in [0.25, 0.3) is 0 Å². The van der Waals surface area contributed by atoms with Gasteiger partial charge in [-0.3, -0.25) is 4.79 Å². The van der Waals surface area contributed by atoms with Crippen molar-refractivity contribution in [2.24, 2.45) is 0 Å². The fourth-order valence-corrected chi connectivity index (χ4v) is 1.47. The summed E-state index contributed by atoms with van der Waals surface area (Å²) in [6.45, 7) is 2.42. The summed E-state index contributed by atoms with van der Waals surface area (Å²) >= 11 is 1.93. The van der Waals surface area contributed by atoms with Crippen molar-refractivity contribution in [1.82, 2.24) is 5.32 Å². The predicted molar refractivity (Wildman–Crippen MR) is 39.5 cm³/mol. The molecule has 1 heterocycles. The molecule has 52 valence electrons. The topological polar surface area (TPSA) is 29.1 Å². The molecule has 0 saturated carbocycles. The molecule has 1 aliphatic rings. The molecule has 1 saturated heterocycles. The molecule has 0 spiro atoms. The summed E-state index contributed by atoms with van der Waals surface area (Å²) in [6, 6.07) is 0. The Morgan fingerprint density at radius 1 is 1.89 bits per heavy atom. The second-order valence-electron chi connectivity index (χ2n) is 2.22.